The molecule has 1 aliphatic carbocycles. The Morgan fingerprint density at radius 3 is 3.04 bits per heavy atom. The largest absolute Gasteiger partial charge is 0.376 e. The molecule has 0 radical (unpaired) electrons. The Kier molecular flexibility index (Phi) is 3.28. The van der Waals surface area contributed by atoms with Gasteiger partial charge in [0.2, 0.25) is 5.91 Å². The van der Waals surface area contributed by atoms with E-state index in [4.69, 9.17) is 9.57 Å². The molecule has 4 saturated heterocycles. The van der Waals surface area contributed by atoms with E-state index in [0.29, 0.717) is 17.9 Å². The lowest BCUT2D eigenvalue weighted by Gasteiger charge is -2.50. The molecular formula is C20H24N2O3. The Labute approximate surface area is 147 Å². The third-order valence-electron chi connectivity index (χ3n) is 6.91. The molecule has 1 N–H and O–H groups in total. The van der Waals surface area contributed by atoms with Crippen molar-refractivity contribution in [1.82, 2.24) is 4.90 Å². The second kappa shape index (κ2) is 5.32. The molecule has 5 bridgehead atoms. The second-order valence-electron chi connectivity index (χ2n) is 7.72. The molecule has 0 spiro atoms. The smallest absolute Gasteiger partial charge is 0.236 e. The fraction of sp³-hybridized carbons (Fsp3) is 0.550. The third kappa shape index (κ3) is 1.83. The minimum atomic E-state index is -0.588. The normalized spacial score (nSPS) is 40.0. The molecule has 0 unspecified atom stereocenters. The van der Waals surface area contributed by atoms with Gasteiger partial charge in [-0.1, -0.05) is 29.8 Å². The van der Waals surface area contributed by atoms with E-state index in [1.165, 1.54) is 5.57 Å². The Morgan fingerprint density at radius 1 is 1.40 bits per heavy atom. The Balaban J connectivity index is 1.70. The van der Waals surface area contributed by atoms with Crippen LogP contribution in [0.5, 0.6) is 0 Å². The molecule has 6 rings (SSSR count). The first-order chi connectivity index (χ1) is 12.2. The monoisotopic (exact) mass is 340 g/mol. The minimum absolute atomic E-state index is 0.0636. The van der Waals surface area contributed by atoms with Crippen LogP contribution in [0.4, 0.5) is 5.69 Å². The fourth-order valence-electron chi connectivity index (χ4n) is 5.83. The van der Waals surface area contributed by atoms with Gasteiger partial charge in [0.15, 0.2) is 0 Å². The molecule has 1 aromatic carbocycles. The summed E-state index contributed by atoms with van der Waals surface area (Å²) < 4.78 is 6.30. The highest BCUT2D eigenvalue weighted by Crippen LogP contribution is 2.58. The number of hydrogen-bond acceptors (Lipinski definition) is 4. The first-order valence-electron chi connectivity index (χ1n) is 9.17. The van der Waals surface area contributed by atoms with Crippen molar-refractivity contribution in [1.29, 1.82) is 0 Å². The molecule has 25 heavy (non-hydrogen) atoms. The highest BCUT2D eigenvalue weighted by molar-refractivity contribution is 5.94. The summed E-state index contributed by atoms with van der Waals surface area (Å²) in [6.45, 7) is 3.66. The zero-order chi connectivity index (χ0) is 17.2. The van der Waals surface area contributed by atoms with Crippen molar-refractivity contribution in [2.45, 2.75) is 37.3 Å². The molecule has 5 heteroatoms. The maximum Gasteiger partial charge on any atom is 0.236 e. The Hall–Kier alpha value is -1.85. The van der Waals surface area contributed by atoms with Gasteiger partial charge >= 0.3 is 0 Å². The standard InChI is InChI=1S/C20H24N2O3/c1-3-12-10-22-17-9-20(19(22)23,18-8-13(12)14(17)11-25-18)15-6-4-5-7-16(15)21-24-2/h3-7,13-14,17-18,21H,8-11H2,1-2H3/t13-,14-,17-,18+,20-/m1/s1. The van der Waals surface area contributed by atoms with Gasteiger partial charge in [0.1, 0.15) is 5.41 Å². The van der Waals surface area contributed by atoms with Crippen LogP contribution in [0.25, 0.3) is 0 Å². The summed E-state index contributed by atoms with van der Waals surface area (Å²) in [5.74, 6) is 1.23. The van der Waals surface area contributed by atoms with Gasteiger partial charge in [-0.25, -0.2) is 0 Å². The number of amides is 1. The van der Waals surface area contributed by atoms with Crippen LogP contribution in [-0.2, 0) is 19.8 Å². The molecule has 5 nitrogen and oxygen atoms in total. The van der Waals surface area contributed by atoms with E-state index < -0.39 is 5.41 Å². The molecule has 5 fully saturated rings. The summed E-state index contributed by atoms with van der Waals surface area (Å²) in [4.78, 5) is 21.0. The topological polar surface area (TPSA) is 50.8 Å². The summed E-state index contributed by atoms with van der Waals surface area (Å²) >= 11 is 0. The van der Waals surface area contributed by atoms with Crippen molar-refractivity contribution in [3.05, 3.63) is 41.5 Å². The Bertz CT molecular complexity index is 761. The van der Waals surface area contributed by atoms with Gasteiger partial charge in [-0.3, -0.25) is 15.1 Å². The number of nitrogens with zero attached hydrogens (tertiary/aromatic N) is 1. The highest BCUT2D eigenvalue weighted by atomic mass is 16.6. The van der Waals surface area contributed by atoms with Crippen molar-refractivity contribution in [3.8, 4) is 0 Å². The quantitative estimate of drug-likeness (QED) is 0.678. The van der Waals surface area contributed by atoms with Crippen molar-refractivity contribution < 1.29 is 14.4 Å². The summed E-state index contributed by atoms with van der Waals surface area (Å²) in [6.07, 6.45) is 3.96. The maximum absolute atomic E-state index is 13.7. The van der Waals surface area contributed by atoms with Gasteiger partial charge in [0, 0.05) is 18.5 Å². The van der Waals surface area contributed by atoms with Crippen LogP contribution in [-0.4, -0.2) is 43.2 Å². The molecule has 1 amide bonds. The summed E-state index contributed by atoms with van der Waals surface area (Å²) in [5.41, 5.74) is 5.70. The van der Waals surface area contributed by atoms with E-state index in [1.54, 1.807) is 7.11 Å². The first kappa shape index (κ1) is 15.4. The number of benzene rings is 1. The summed E-state index contributed by atoms with van der Waals surface area (Å²) in [7, 11) is 1.60. The molecule has 4 aliphatic heterocycles. The predicted molar refractivity (Wildman–Crippen MR) is 94.0 cm³/mol. The van der Waals surface area contributed by atoms with E-state index in [2.05, 4.69) is 29.4 Å². The zero-order valence-electron chi connectivity index (χ0n) is 14.7. The average Bonchev–Trinajstić information content (AvgIpc) is 2.78. The molecular weight excluding hydrogens is 316 g/mol. The number of anilines is 1. The van der Waals surface area contributed by atoms with Crippen LogP contribution < -0.4 is 5.48 Å². The van der Waals surface area contributed by atoms with E-state index in [0.717, 1.165) is 37.2 Å². The highest BCUT2D eigenvalue weighted by Gasteiger charge is 2.67. The lowest BCUT2D eigenvalue weighted by atomic mass is 9.69. The van der Waals surface area contributed by atoms with Gasteiger partial charge < -0.3 is 9.64 Å². The van der Waals surface area contributed by atoms with Crippen molar-refractivity contribution in [3.63, 3.8) is 0 Å². The van der Waals surface area contributed by atoms with Crippen LogP contribution >= 0.6 is 0 Å². The van der Waals surface area contributed by atoms with Crippen LogP contribution in [0.3, 0.4) is 0 Å². The number of carbonyl (C=O) groups is 1. The van der Waals surface area contributed by atoms with Crippen LogP contribution in [0, 0.1) is 11.8 Å². The average molecular weight is 340 g/mol. The molecule has 132 valence electrons. The van der Waals surface area contributed by atoms with E-state index in [9.17, 15) is 4.79 Å². The molecule has 5 atom stereocenters. The first-order valence-corrected chi connectivity index (χ1v) is 9.17. The number of ether oxygens (including phenoxy) is 1. The fourth-order valence-corrected chi connectivity index (χ4v) is 5.83. The van der Waals surface area contributed by atoms with Gasteiger partial charge in [-0.2, -0.15) is 0 Å². The summed E-state index contributed by atoms with van der Waals surface area (Å²) in [5, 5.41) is 0. The second-order valence-corrected chi connectivity index (χ2v) is 7.72. The number of nitrogens with one attached hydrogen (secondary N) is 1. The van der Waals surface area contributed by atoms with Crippen LogP contribution in [0.2, 0.25) is 0 Å². The van der Waals surface area contributed by atoms with E-state index in [1.807, 2.05) is 18.2 Å². The van der Waals surface area contributed by atoms with Crippen molar-refractivity contribution in [2.75, 3.05) is 25.7 Å². The van der Waals surface area contributed by atoms with Gasteiger partial charge in [-0.15, -0.1) is 0 Å². The number of carbonyl (C=O) groups excluding carboxylic acids is 1. The van der Waals surface area contributed by atoms with E-state index in [-0.39, 0.29) is 12.0 Å². The van der Waals surface area contributed by atoms with E-state index >= 15 is 0 Å². The number of fused-ring (bicyclic) bond motifs is 1. The van der Waals surface area contributed by atoms with Gasteiger partial charge in [0.25, 0.3) is 0 Å². The number of rotatable bonds is 3. The third-order valence-corrected chi connectivity index (χ3v) is 6.91. The zero-order valence-corrected chi connectivity index (χ0v) is 14.7. The number of allylic oxidation sites excluding steroid dienone is 1. The number of hydrogen-bond donors (Lipinski definition) is 1. The van der Waals surface area contributed by atoms with Gasteiger partial charge in [0.05, 0.1) is 25.5 Å². The number of para-hydroxylation sites is 1. The molecule has 4 heterocycles. The number of piperidine rings is 1. The Morgan fingerprint density at radius 2 is 2.24 bits per heavy atom. The predicted octanol–water partition coefficient (Wildman–Crippen LogP) is 2.49. The van der Waals surface area contributed by atoms with Crippen LogP contribution in [0.1, 0.15) is 25.3 Å². The molecule has 1 saturated carbocycles. The van der Waals surface area contributed by atoms with Gasteiger partial charge in [-0.05, 0) is 37.3 Å². The SMILES string of the molecule is CC=C1CN2C(=O)[C@@]3(c4ccccc4NOC)C[C@@H]2[C@@H]2CO[C@H]3C[C@H]12. The molecule has 1 aromatic rings. The van der Waals surface area contributed by atoms with Crippen molar-refractivity contribution in [2.24, 2.45) is 11.8 Å². The lowest BCUT2D eigenvalue weighted by Crippen LogP contribution is -2.59. The maximum atomic E-state index is 13.7. The van der Waals surface area contributed by atoms with Crippen LogP contribution in [0.15, 0.2) is 35.9 Å². The van der Waals surface area contributed by atoms with Crippen molar-refractivity contribution >= 4 is 11.6 Å². The molecule has 0 aromatic heterocycles. The minimum Gasteiger partial charge on any atom is -0.376 e. The summed E-state index contributed by atoms with van der Waals surface area (Å²) in [6, 6.07) is 8.32. The molecule has 5 aliphatic rings. The lowest BCUT2D eigenvalue weighted by molar-refractivity contribution is -0.154.